The van der Waals surface area contributed by atoms with Crippen LogP contribution >= 0.6 is 0 Å². The highest BCUT2D eigenvalue weighted by Gasteiger charge is 2.32. The van der Waals surface area contributed by atoms with Crippen LogP contribution in [-0.2, 0) is 17.7 Å². The highest BCUT2D eigenvalue weighted by molar-refractivity contribution is 5.81. The summed E-state index contributed by atoms with van der Waals surface area (Å²) in [5.41, 5.74) is 0.869. The topological polar surface area (TPSA) is 92.1 Å². The second kappa shape index (κ2) is 10.4. The van der Waals surface area contributed by atoms with Crippen LogP contribution in [0.3, 0.4) is 0 Å². The molecule has 44 heavy (non-hydrogen) atoms. The third-order valence-corrected chi connectivity index (χ3v) is 7.41. The van der Waals surface area contributed by atoms with E-state index in [1.165, 1.54) is 38.7 Å². The zero-order valence-corrected chi connectivity index (χ0v) is 24.6. The number of hydrogen-bond acceptors (Lipinski definition) is 5. The number of aromatic nitrogens is 6. The SMILES string of the molecule is Cc1cc(-n2nc3c(c2-n2ccn(-c4ccc5nn(C(F)F)cc5c4F)c2=O)CN(C(=O)OC(C)(C)C)CC3)cc(C)c1F. The fourth-order valence-corrected chi connectivity index (χ4v) is 5.39. The number of halogens is 4. The predicted molar refractivity (Wildman–Crippen MR) is 153 cm³/mol. The van der Waals surface area contributed by atoms with Gasteiger partial charge in [0.25, 0.3) is 0 Å². The Balaban J connectivity index is 1.51. The van der Waals surface area contributed by atoms with Gasteiger partial charge in [-0.3, -0.25) is 9.13 Å². The number of alkyl halides is 2. The minimum atomic E-state index is -2.96. The lowest BCUT2D eigenvalue weighted by Crippen LogP contribution is -2.40. The highest BCUT2D eigenvalue weighted by atomic mass is 19.3. The van der Waals surface area contributed by atoms with Crippen LogP contribution in [0.4, 0.5) is 22.4 Å². The molecule has 1 amide bonds. The quantitative estimate of drug-likeness (QED) is 0.242. The van der Waals surface area contributed by atoms with Gasteiger partial charge in [-0.1, -0.05) is 0 Å². The maximum atomic E-state index is 15.6. The average Bonchev–Trinajstić information content (AvgIpc) is 3.65. The molecule has 6 rings (SSSR count). The maximum Gasteiger partial charge on any atom is 0.410 e. The zero-order chi connectivity index (χ0) is 31.7. The molecule has 230 valence electrons. The number of nitrogens with zero attached hydrogens (tertiary/aromatic N) is 7. The van der Waals surface area contributed by atoms with Gasteiger partial charge < -0.3 is 9.64 Å². The van der Waals surface area contributed by atoms with Crippen LogP contribution < -0.4 is 5.69 Å². The minimum absolute atomic E-state index is 0.00969. The van der Waals surface area contributed by atoms with E-state index in [4.69, 9.17) is 9.84 Å². The number of hydrogen-bond donors (Lipinski definition) is 0. The lowest BCUT2D eigenvalue weighted by molar-refractivity contribution is 0.0223. The first kappa shape index (κ1) is 29.2. The first-order chi connectivity index (χ1) is 20.7. The van der Waals surface area contributed by atoms with Crippen LogP contribution in [0.2, 0.25) is 0 Å². The summed E-state index contributed by atoms with van der Waals surface area (Å²) >= 11 is 0. The molecule has 5 aromatic rings. The number of benzene rings is 2. The number of carbonyl (C=O) groups is 1. The van der Waals surface area contributed by atoms with Crippen LogP contribution in [-0.4, -0.2) is 51.8 Å². The number of aryl methyl sites for hydroxylation is 2. The second-order valence-electron chi connectivity index (χ2n) is 11.7. The molecule has 0 spiro atoms. The van der Waals surface area contributed by atoms with Gasteiger partial charge in [0, 0.05) is 37.1 Å². The summed E-state index contributed by atoms with van der Waals surface area (Å²) in [5.74, 6) is -0.979. The maximum absolute atomic E-state index is 15.6. The summed E-state index contributed by atoms with van der Waals surface area (Å²) in [6.45, 7) is 5.98. The van der Waals surface area contributed by atoms with Crippen molar-refractivity contribution in [1.82, 2.24) is 33.6 Å². The highest BCUT2D eigenvalue weighted by Crippen LogP contribution is 2.30. The fourth-order valence-electron chi connectivity index (χ4n) is 5.39. The summed E-state index contributed by atoms with van der Waals surface area (Å²) in [6, 6.07) is 5.85. The Labute approximate surface area is 248 Å². The van der Waals surface area contributed by atoms with Crippen molar-refractivity contribution in [3.8, 4) is 17.2 Å². The van der Waals surface area contributed by atoms with E-state index in [0.717, 1.165) is 10.8 Å². The van der Waals surface area contributed by atoms with Crippen LogP contribution in [0.25, 0.3) is 28.1 Å². The van der Waals surface area contributed by atoms with E-state index >= 15 is 4.39 Å². The molecule has 0 bridgehead atoms. The summed E-state index contributed by atoms with van der Waals surface area (Å²) in [4.78, 5) is 28.4. The molecule has 0 fully saturated rings. The molecule has 4 heterocycles. The molecule has 0 aliphatic carbocycles. The number of ether oxygens (including phenoxy) is 1. The summed E-state index contributed by atoms with van der Waals surface area (Å²) in [5, 5.41) is 8.28. The van der Waals surface area contributed by atoms with E-state index in [0.29, 0.717) is 45.7 Å². The van der Waals surface area contributed by atoms with Crippen molar-refractivity contribution >= 4 is 17.0 Å². The molecule has 0 unspecified atom stereocenters. The van der Waals surface area contributed by atoms with Gasteiger partial charge in [0.2, 0.25) is 0 Å². The van der Waals surface area contributed by atoms with Crippen LogP contribution in [0.15, 0.2) is 47.7 Å². The molecule has 1 aliphatic rings. The first-order valence-electron chi connectivity index (χ1n) is 13.9. The van der Waals surface area contributed by atoms with E-state index in [1.807, 2.05) is 0 Å². The summed E-state index contributed by atoms with van der Waals surface area (Å²) < 4.78 is 66.3. The lowest BCUT2D eigenvalue weighted by Gasteiger charge is -2.29. The van der Waals surface area contributed by atoms with Crippen molar-refractivity contribution in [2.75, 3.05) is 6.54 Å². The fraction of sp³-hybridized carbons (Fsp3) is 0.333. The van der Waals surface area contributed by atoms with Gasteiger partial charge in [-0.25, -0.2) is 27.7 Å². The largest absolute Gasteiger partial charge is 0.444 e. The number of fused-ring (bicyclic) bond motifs is 2. The van der Waals surface area contributed by atoms with E-state index in [-0.39, 0.29) is 34.8 Å². The standard InChI is InChI=1S/C30H29F4N7O3/c1-16-12-18(13-17(2)24(16)31)41-26(20-14-37(9-8-22(20)36-41)29(43)44-30(3,4)5)39-11-10-38(28(39)42)23-7-6-21-19(25(23)32)15-40(35-21)27(33)34/h6-7,10-13,15,27H,8-9,14H2,1-5H3. The van der Waals surface area contributed by atoms with E-state index in [1.54, 1.807) is 46.8 Å². The Kier molecular flexibility index (Phi) is 6.89. The summed E-state index contributed by atoms with van der Waals surface area (Å²) in [7, 11) is 0. The molecule has 0 saturated carbocycles. The van der Waals surface area contributed by atoms with Gasteiger partial charge in [-0.2, -0.15) is 19.0 Å². The molecule has 0 saturated heterocycles. The average molecular weight is 612 g/mol. The first-order valence-corrected chi connectivity index (χ1v) is 13.9. The van der Waals surface area contributed by atoms with Crippen molar-refractivity contribution in [2.45, 2.75) is 59.7 Å². The number of carbonyl (C=O) groups excluding carboxylic acids is 1. The van der Waals surface area contributed by atoms with Crippen LogP contribution in [0, 0.1) is 25.5 Å². The molecule has 10 nitrogen and oxygen atoms in total. The van der Waals surface area contributed by atoms with Gasteiger partial charge in [0.15, 0.2) is 5.82 Å². The normalized spacial score (nSPS) is 13.6. The van der Waals surface area contributed by atoms with Crippen LogP contribution in [0.5, 0.6) is 0 Å². The van der Waals surface area contributed by atoms with Crippen molar-refractivity contribution in [3.05, 3.63) is 87.4 Å². The Morgan fingerprint density at radius 3 is 2.34 bits per heavy atom. The van der Waals surface area contributed by atoms with Crippen molar-refractivity contribution in [1.29, 1.82) is 0 Å². The van der Waals surface area contributed by atoms with Crippen LogP contribution in [0.1, 0.15) is 49.7 Å². The van der Waals surface area contributed by atoms with Gasteiger partial charge in [-0.05, 0) is 70.0 Å². The van der Waals surface area contributed by atoms with E-state index < -0.39 is 29.8 Å². The van der Waals surface area contributed by atoms with Crippen molar-refractivity contribution in [2.24, 2.45) is 0 Å². The molecule has 0 radical (unpaired) electrons. The number of amides is 1. The van der Waals surface area contributed by atoms with Crippen molar-refractivity contribution in [3.63, 3.8) is 0 Å². The predicted octanol–water partition coefficient (Wildman–Crippen LogP) is 5.75. The molecule has 14 heteroatoms. The molecular weight excluding hydrogens is 582 g/mol. The molecule has 0 atom stereocenters. The lowest BCUT2D eigenvalue weighted by atomic mass is 10.1. The Bertz CT molecular complexity index is 1970. The number of imidazole rings is 1. The zero-order valence-electron chi connectivity index (χ0n) is 24.6. The van der Waals surface area contributed by atoms with Gasteiger partial charge in [-0.15, -0.1) is 0 Å². The van der Waals surface area contributed by atoms with Gasteiger partial charge in [0.05, 0.1) is 34.5 Å². The van der Waals surface area contributed by atoms with Gasteiger partial charge in [0.1, 0.15) is 17.2 Å². The molecular formula is C30H29F4N7O3. The van der Waals surface area contributed by atoms with Gasteiger partial charge >= 0.3 is 18.3 Å². The third kappa shape index (κ3) is 4.93. The number of rotatable bonds is 4. The van der Waals surface area contributed by atoms with E-state index in [2.05, 4.69) is 5.10 Å². The molecule has 1 aliphatic heterocycles. The van der Waals surface area contributed by atoms with E-state index in [9.17, 15) is 22.8 Å². The Morgan fingerprint density at radius 2 is 1.68 bits per heavy atom. The molecule has 2 aromatic carbocycles. The smallest absolute Gasteiger partial charge is 0.410 e. The van der Waals surface area contributed by atoms with Crippen molar-refractivity contribution < 1.29 is 27.1 Å². The molecule has 0 N–H and O–H groups in total. The Morgan fingerprint density at radius 1 is 1.00 bits per heavy atom. The third-order valence-electron chi connectivity index (χ3n) is 7.41. The second-order valence-corrected chi connectivity index (χ2v) is 11.7. The summed E-state index contributed by atoms with van der Waals surface area (Å²) in [6.07, 6.45) is 3.50. The molecule has 3 aromatic heterocycles. The monoisotopic (exact) mass is 611 g/mol. The Hall–Kier alpha value is -4.88. The minimum Gasteiger partial charge on any atom is -0.444 e.